The minimum Gasteiger partial charge on any atom is -0.460 e. The van der Waals surface area contributed by atoms with Crippen LogP contribution in [0.2, 0.25) is 0 Å². The molecule has 1 aliphatic rings. The minimum absolute atomic E-state index is 0.244. The normalized spacial score (nSPS) is 14.2. The molecular weight excluding hydrogens is 653 g/mol. The Morgan fingerprint density at radius 2 is 1.46 bits per heavy atom. The fourth-order valence-electron chi connectivity index (χ4n) is 7.95. The Labute approximate surface area is 306 Å². The smallest absolute Gasteiger partial charge is 0.134 e. The summed E-state index contributed by atoms with van der Waals surface area (Å²) in [4.78, 5) is 2.42. The first-order chi connectivity index (χ1) is 25.7. The van der Waals surface area contributed by atoms with Crippen LogP contribution >= 0.6 is 11.3 Å². The number of allylic oxidation sites excluding steroid dienone is 3. The van der Waals surface area contributed by atoms with E-state index in [1.54, 1.807) is 11.3 Å². The van der Waals surface area contributed by atoms with Crippen molar-refractivity contribution >= 4 is 83.4 Å². The third-order valence-corrected chi connectivity index (χ3v) is 11.4. The number of nitrogens with zero attached hydrogens (tertiary/aromatic N) is 2. The number of thiophene rings is 1. The van der Waals surface area contributed by atoms with Gasteiger partial charge in [-0.25, -0.2) is 0 Å². The maximum atomic E-state index is 6.32. The molecule has 1 unspecified atom stereocenters. The lowest BCUT2D eigenvalue weighted by Gasteiger charge is -2.27. The fraction of sp³-hybridized carbons (Fsp3) is 0.0417. The highest BCUT2D eigenvalue weighted by Crippen LogP contribution is 2.45. The van der Waals surface area contributed by atoms with Crippen LogP contribution in [0, 0.1) is 0 Å². The first kappa shape index (κ1) is 30.5. The molecular formula is C48H34N2OS. The predicted octanol–water partition coefficient (Wildman–Crippen LogP) is 13.8. The fourth-order valence-corrected chi connectivity index (χ4v) is 8.99. The van der Waals surface area contributed by atoms with Crippen molar-refractivity contribution in [3.05, 3.63) is 192 Å². The first-order valence-electron chi connectivity index (χ1n) is 17.7. The second-order valence-corrected chi connectivity index (χ2v) is 14.2. The number of hydrogen-bond acceptors (Lipinski definition) is 3. The van der Waals surface area contributed by atoms with Gasteiger partial charge in [0.15, 0.2) is 0 Å². The van der Waals surface area contributed by atoms with Crippen LogP contribution in [-0.2, 0) is 6.42 Å². The summed E-state index contributed by atoms with van der Waals surface area (Å²) in [6.07, 6.45) is 11.4. The van der Waals surface area contributed by atoms with E-state index >= 15 is 0 Å². The molecule has 4 heteroatoms. The van der Waals surface area contributed by atoms with Crippen molar-refractivity contribution < 1.29 is 4.42 Å². The highest BCUT2D eigenvalue weighted by molar-refractivity contribution is 7.18. The molecule has 0 saturated heterocycles. The second kappa shape index (κ2) is 12.4. The van der Waals surface area contributed by atoms with Crippen molar-refractivity contribution in [1.82, 2.24) is 4.57 Å². The average molecular weight is 687 g/mol. The number of aromatic nitrogens is 1. The first-order valence-corrected chi connectivity index (χ1v) is 18.6. The Balaban J connectivity index is 1.12. The lowest BCUT2D eigenvalue weighted by molar-refractivity contribution is 0.532. The molecule has 0 radical (unpaired) electrons. The quantitative estimate of drug-likeness (QED) is 0.156. The molecule has 0 N–H and O–H groups in total. The molecule has 248 valence electrons. The van der Waals surface area contributed by atoms with Gasteiger partial charge in [0.25, 0.3) is 0 Å². The van der Waals surface area contributed by atoms with Crippen molar-refractivity contribution in [2.45, 2.75) is 12.3 Å². The molecule has 3 heterocycles. The highest BCUT2D eigenvalue weighted by Gasteiger charge is 2.23. The molecule has 1 aliphatic carbocycles. The van der Waals surface area contributed by atoms with Crippen molar-refractivity contribution in [2.75, 3.05) is 4.90 Å². The summed E-state index contributed by atoms with van der Waals surface area (Å²) < 4.78 is 9.95. The summed E-state index contributed by atoms with van der Waals surface area (Å²) >= 11 is 1.79. The van der Waals surface area contributed by atoms with E-state index in [4.69, 9.17) is 4.42 Å². The molecule has 0 amide bonds. The summed E-state index contributed by atoms with van der Waals surface area (Å²) in [7, 11) is 0. The average Bonchev–Trinajstić information content (AvgIpc) is 3.89. The van der Waals surface area contributed by atoms with Gasteiger partial charge in [-0.2, -0.15) is 0 Å². The monoisotopic (exact) mass is 686 g/mol. The molecule has 3 nitrogen and oxygen atoms in total. The number of benzene rings is 6. The summed E-state index contributed by atoms with van der Waals surface area (Å²) in [6.45, 7) is 3.89. The van der Waals surface area contributed by atoms with E-state index < -0.39 is 0 Å². The van der Waals surface area contributed by atoms with Gasteiger partial charge in [0.2, 0.25) is 0 Å². The molecule has 0 saturated carbocycles. The van der Waals surface area contributed by atoms with E-state index in [0.29, 0.717) is 0 Å². The van der Waals surface area contributed by atoms with Gasteiger partial charge in [-0.1, -0.05) is 122 Å². The summed E-state index contributed by atoms with van der Waals surface area (Å²) in [5.41, 5.74) is 11.5. The van der Waals surface area contributed by atoms with Crippen molar-refractivity contribution in [3.63, 3.8) is 0 Å². The van der Waals surface area contributed by atoms with E-state index in [1.807, 2.05) is 18.2 Å². The zero-order chi connectivity index (χ0) is 34.6. The molecule has 0 spiro atoms. The zero-order valence-corrected chi connectivity index (χ0v) is 29.3. The third kappa shape index (κ3) is 4.95. The molecule has 9 aromatic rings. The Morgan fingerprint density at radius 1 is 0.712 bits per heavy atom. The summed E-state index contributed by atoms with van der Waals surface area (Å²) in [5.74, 6) is 1.31. The number of para-hydroxylation sites is 3. The van der Waals surface area contributed by atoms with Crippen LogP contribution in [0.3, 0.4) is 0 Å². The predicted molar refractivity (Wildman–Crippen MR) is 222 cm³/mol. The number of anilines is 3. The van der Waals surface area contributed by atoms with Crippen LogP contribution in [0.25, 0.3) is 60.7 Å². The van der Waals surface area contributed by atoms with Crippen LogP contribution in [0.4, 0.5) is 17.1 Å². The largest absolute Gasteiger partial charge is 0.460 e. The van der Waals surface area contributed by atoms with Crippen LogP contribution in [-0.4, -0.2) is 4.57 Å². The topological polar surface area (TPSA) is 21.3 Å². The summed E-state index contributed by atoms with van der Waals surface area (Å²) in [6, 6.07) is 50.4. The lowest BCUT2D eigenvalue weighted by Crippen LogP contribution is -2.11. The number of hydrogen-bond donors (Lipinski definition) is 0. The van der Waals surface area contributed by atoms with Gasteiger partial charge < -0.3 is 13.9 Å². The lowest BCUT2D eigenvalue weighted by atomic mass is 9.88. The molecule has 52 heavy (non-hydrogen) atoms. The highest BCUT2D eigenvalue weighted by atomic mass is 32.1. The molecule has 0 fully saturated rings. The molecule has 6 aromatic carbocycles. The van der Waals surface area contributed by atoms with Gasteiger partial charge in [0, 0.05) is 56.5 Å². The summed E-state index contributed by atoms with van der Waals surface area (Å²) in [5, 5.41) is 7.14. The molecule has 1 atom stereocenters. The SMILES string of the molecule is C=C/C=C\c1csc2c(N(c3ccc(C4C=Cc5c(oc6ccccc56)C4)cc3)c3ccc4c5ccccc5n(-c5ccccc5)c4c3)cccc12. The van der Waals surface area contributed by atoms with Crippen LogP contribution in [0.15, 0.2) is 174 Å². The van der Waals surface area contributed by atoms with Gasteiger partial charge >= 0.3 is 0 Å². The van der Waals surface area contributed by atoms with E-state index in [1.165, 1.54) is 54.0 Å². The Hall–Kier alpha value is -6.36. The van der Waals surface area contributed by atoms with Crippen molar-refractivity contribution in [3.8, 4) is 5.69 Å². The Morgan fingerprint density at radius 3 is 2.33 bits per heavy atom. The molecule has 3 aromatic heterocycles. The van der Waals surface area contributed by atoms with Crippen LogP contribution in [0.5, 0.6) is 0 Å². The maximum absolute atomic E-state index is 6.32. The second-order valence-electron chi connectivity index (χ2n) is 13.4. The zero-order valence-electron chi connectivity index (χ0n) is 28.4. The Kier molecular flexibility index (Phi) is 7.29. The number of fused-ring (bicyclic) bond motifs is 7. The molecule has 10 rings (SSSR count). The van der Waals surface area contributed by atoms with E-state index in [9.17, 15) is 0 Å². The van der Waals surface area contributed by atoms with Gasteiger partial charge in [-0.3, -0.25) is 0 Å². The van der Waals surface area contributed by atoms with Gasteiger partial charge in [-0.15, -0.1) is 11.3 Å². The minimum atomic E-state index is 0.244. The Bertz CT molecular complexity index is 2850. The molecule has 0 bridgehead atoms. The van der Waals surface area contributed by atoms with Crippen molar-refractivity contribution in [2.24, 2.45) is 0 Å². The van der Waals surface area contributed by atoms with Gasteiger partial charge in [0.1, 0.15) is 11.3 Å². The van der Waals surface area contributed by atoms with Gasteiger partial charge in [-0.05, 0) is 71.1 Å². The third-order valence-electron chi connectivity index (χ3n) is 10.4. The van der Waals surface area contributed by atoms with Crippen molar-refractivity contribution in [1.29, 1.82) is 0 Å². The van der Waals surface area contributed by atoms with Gasteiger partial charge in [0.05, 0.1) is 21.4 Å². The van der Waals surface area contributed by atoms with E-state index in [0.717, 1.165) is 40.5 Å². The molecule has 0 aliphatic heterocycles. The van der Waals surface area contributed by atoms with E-state index in [-0.39, 0.29) is 5.92 Å². The number of furan rings is 1. The van der Waals surface area contributed by atoms with E-state index in [2.05, 4.69) is 173 Å². The van der Waals surface area contributed by atoms with Crippen LogP contribution < -0.4 is 4.90 Å². The van der Waals surface area contributed by atoms with Crippen LogP contribution in [0.1, 0.15) is 28.4 Å². The number of rotatable bonds is 7. The standard InChI is InChI=1S/C48H34N2OS/c1-2-3-12-34-31-52-48-38(34)17-11-19-44(48)49(36-24-21-32(22-25-36)33-23-27-42-41-16-8-10-20-46(41)51-47(42)29-33)37-26-28-40-39-15-7-9-18-43(39)50(45(40)30-37)35-13-5-4-6-14-35/h2-28,30-31,33H,1,29H2/b12-3-. The maximum Gasteiger partial charge on any atom is 0.134 e.